The highest BCUT2D eigenvalue weighted by Crippen LogP contribution is 2.14. The molecule has 164 valence electrons. The van der Waals surface area contributed by atoms with Gasteiger partial charge in [-0.15, -0.1) is 0 Å². The van der Waals surface area contributed by atoms with Crippen LogP contribution >= 0.6 is 0 Å². The van der Waals surface area contributed by atoms with Crippen molar-refractivity contribution in [2.75, 3.05) is 27.2 Å². The molecule has 32 heavy (non-hydrogen) atoms. The third-order valence-corrected chi connectivity index (χ3v) is 5.11. The summed E-state index contributed by atoms with van der Waals surface area (Å²) in [6, 6.07) is 12.8. The molecule has 0 saturated carbocycles. The van der Waals surface area contributed by atoms with E-state index in [1.54, 1.807) is 42.4 Å². The summed E-state index contributed by atoms with van der Waals surface area (Å²) >= 11 is 0. The summed E-state index contributed by atoms with van der Waals surface area (Å²) in [6.07, 6.45) is 3.24. The zero-order valence-corrected chi connectivity index (χ0v) is 18.5. The highest BCUT2D eigenvalue weighted by Gasteiger charge is 2.19. The summed E-state index contributed by atoms with van der Waals surface area (Å²) in [6.45, 7) is 3.35. The van der Waals surface area contributed by atoms with E-state index in [-0.39, 0.29) is 17.9 Å². The summed E-state index contributed by atoms with van der Waals surface area (Å²) < 4.78 is 0. The fourth-order valence-electron chi connectivity index (χ4n) is 3.24. The lowest BCUT2D eigenvalue weighted by atomic mass is 10.1. The summed E-state index contributed by atoms with van der Waals surface area (Å²) in [5, 5.41) is 8.99. The van der Waals surface area contributed by atoms with Crippen LogP contribution in [0.5, 0.6) is 0 Å². The molecule has 2 heterocycles. The predicted molar refractivity (Wildman–Crippen MR) is 122 cm³/mol. The zero-order chi connectivity index (χ0) is 23.1. The molecule has 8 nitrogen and oxygen atoms in total. The molecular formula is C24H26N6O2. The Morgan fingerprint density at radius 1 is 1.16 bits per heavy atom. The number of rotatable bonds is 8. The van der Waals surface area contributed by atoms with Gasteiger partial charge in [0.25, 0.3) is 5.56 Å². The first-order valence-electron chi connectivity index (χ1n) is 10.3. The molecular weight excluding hydrogens is 404 g/mol. The van der Waals surface area contributed by atoms with Crippen molar-refractivity contribution < 1.29 is 4.79 Å². The number of H-pyrrole nitrogens is 1. The van der Waals surface area contributed by atoms with Crippen LogP contribution < -0.4 is 5.56 Å². The Hall–Kier alpha value is -3.83. The van der Waals surface area contributed by atoms with Gasteiger partial charge in [0, 0.05) is 48.8 Å². The predicted octanol–water partition coefficient (Wildman–Crippen LogP) is 2.14. The molecule has 0 aliphatic rings. The maximum absolute atomic E-state index is 13.2. The molecule has 0 unspecified atom stereocenters. The third kappa shape index (κ3) is 5.86. The van der Waals surface area contributed by atoms with E-state index < -0.39 is 0 Å². The van der Waals surface area contributed by atoms with Crippen molar-refractivity contribution >= 4 is 5.91 Å². The smallest absolute Gasteiger partial charge is 0.255 e. The van der Waals surface area contributed by atoms with Gasteiger partial charge in [-0.3, -0.25) is 14.6 Å². The second kappa shape index (κ2) is 10.5. The Bertz CT molecular complexity index is 1160. The van der Waals surface area contributed by atoms with E-state index in [4.69, 9.17) is 5.26 Å². The van der Waals surface area contributed by atoms with Crippen molar-refractivity contribution in [1.82, 2.24) is 24.8 Å². The monoisotopic (exact) mass is 430 g/mol. The third-order valence-electron chi connectivity index (χ3n) is 5.11. The van der Waals surface area contributed by atoms with Crippen LogP contribution in [-0.4, -0.2) is 57.8 Å². The number of hydrogen-bond acceptors (Lipinski definition) is 6. The zero-order valence-electron chi connectivity index (χ0n) is 18.5. The van der Waals surface area contributed by atoms with E-state index in [9.17, 15) is 9.59 Å². The van der Waals surface area contributed by atoms with E-state index in [0.717, 1.165) is 5.56 Å². The number of likely N-dealkylation sites (N-methyl/N-ethyl adjacent to an activating group) is 1. The number of nitrogens with one attached hydrogen (secondary N) is 1. The summed E-state index contributed by atoms with van der Waals surface area (Å²) in [5.41, 5.74) is 2.76. The van der Waals surface area contributed by atoms with E-state index >= 15 is 0 Å². The molecule has 8 heteroatoms. The summed E-state index contributed by atoms with van der Waals surface area (Å²) in [7, 11) is 3.89. The van der Waals surface area contributed by atoms with Crippen molar-refractivity contribution in [3.8, 4) is 17.5 Å². The molecule has 1 aromatic carbocycles. The molecule has 0 radical (unpaired) electrons. The van der Waals surface area contributed by atoms with E-state index in [2.05, 4.69) is 21.0 Å². The standard InChI is InChI=1S/C24H26N6O2/c1-17-21(24(32)28-23(27-17)20-5-4-10-26-15-20)13-22(31)30(12-11-29(2)3)16-19-8-6-18(14-25)7-9-19/h4-10,15H,11-13,16H2,1-3H3,(H,27,28,32). The first-order valence-corrected chi connectivity index (χ1v) is 10.3. The van der Waals surface area contributed by atoms with Gasteiger partial charge in [-0.05, 0) is 50.8 Å². The molecule has 1 N–H and O–H groups in total. The average molecular weight is 431 g/mol. The highest BCUT2D eigenvalue weighted by molar-refractivity contribution is 5.79. The minimum Gasteiger partial charge on any atom is -0.337 e. The van der Waals surface area contributed by atoms with Crippen molar-refractivity contribution in [1.29, 1.82) is 5.26 Å². The topological polar surface area (TPSA) is 106 Å². The number of nitriles is 1. The maximum Gasteiger partial charge on any atom is 0.255 e. The SMILES string of the molecule is Cc1nc(-c2cccnc2)[nH]c(=O)c1CC(=O)N(CCN(C)C)Cc1ccc(C#N)cc1. The van der Waals surface area contributed by atoms with Crippen molar-refractivity contribution in [3.05, 3.63) is 81.5 Å². The lowest BCUT2D eigenvalue weighted by molar-refractivity contribution is -0.131. The van der Waals surface area contributed by atoms with Gasteiger partial charge in [0.2, 0.25) is 5.91 Å². The number of amides is 1. The van der Waals surface area contributed by atoms with E-state index in [1.165, 1.54) is 0 Å². The van der Waals surface area contributed by atoms with Crippen LogP contribution in [0.4, 0.5) is 0 Å². The Balaban J connectivity index is 1.81. The van der Waals surface area contributed by atoms with Crippen molar-refractivity contribution in [2.24, 2.45) is 0 Å². The van der Waals surface area contributed by atoms with Crippen LogP contribution in [0.2, 0.25) is 0 Å². The number of aryl methyl sites for hydroxylation is 1. The van der Waals surface area contributed by atoms with Gasteiger partial charge in [0.15, 0.2) is 0 Å². The Kier molecular flexibility index (Phi) is 7.47. The van der Waals surface area contributed by atoms with E-state index in [1.807, 2.05) is 37.2 Å². The Morgan fingerprint density at radius 3 is 2.50 bits per heavy atom. The Morgan fingerprint density at radius 2 is 1.91 bits per heavy atom. The fourth-order valence-corrected chi connectivity index (χ4v) is 3.24. The number of carbonyl (C=O) groups is 1. The fraction of sp³-hybridized carbons (Fsp3) is 0.292. The van der Waals surface area contributed by atoms with Crippen molar-refractivity contribution in [3.63, 3.8) is 0 Å². The van der Waals surface area contributed by atoms with Crippen LogP contribution in [0.1, 0.15) is 22.4 Å². The van der Waals surface area contributed by atoms with E-state index in [0.29, 0.717) is 47.8 Å². The number of carbonyl (C=O) groups excluding carboxylic acids is 1. The highest BCUT2D eigenvalue weighted by atomic mass is 16.2. The molecule has 0 saturated heterocycles. The largest absolute Gasteiger partial charge is 0.337 e. The number of aromatic nitrogens is 3. The molecule has 3 aromatic rings. The minimum absolute atomic E-state index is 0.0365. The minimum atomic E-state index is -0.323. The first-order chi connectivity index (χ1) is 15.4. The lowest BCUT2D eigenvalue weighted by Gasteiger charge is -2.25. The van der Waals surface area contributed by atoms with Gasteiger partial charge >= 0.3 is 0 Å². The second-order valence-electron chi connectivity index (χ2n) is 7.82. The molecule has 3 rings (SSSR count). The quantitative estimate of drug-likeness (QED) is 0.587. The lowest BCUT2D eigenvalue weighted by Crippen LogP contribution is -2.38. The van der Waals surface area contributed by atoms with Gasteiger partial charge in [-0.2, -0.15) is 5.26 Å². The van der Waals surface area contributed by atoms with Gasteiger partial charge < -0.3 is 14.8 Å². The van der Waals surface area contributed by atoms with Crippen LogP contribution in [0.25, 0.3) is 11.4 Å². The first kappa shape index (κ1) is 22.8. The van der Waals surface area contributed by atoms with Crippen LogP contribution in [0.3, 0.4) is 0 Å². The van der Waals surface area contributed by atoms with Gasteiger partial charge in [0.05, 0.1) is 18.1 Å². The number of pyridine rings is 1. The van der Waals surface area contributed by atoms with Gasteiger partial charge in [0.1, 0.15) is 5.82 Å². The normalized spacial score (nSPS) is 10.7. The molecule has 0 aliphatic heterocycles. The molecule has 1 amide bonds. The number of hydrogen-bond donors (Lipinski definition) is 1. The van der Waals surface area contributed by atoms with Crippen LogP contribution in [-0.2, 0) is 17.8 Å². The summed E-state index contributed by atoms with van der Waals surface area (Å²) in [5.74, 6) is 0.277. The summed E-state index contributed by atoms with van der Waals surface area (Å²) in [4.78, 5) is 41.0. The maximum atomic E-state index is 13.2. The molecule has 2 aromatic heterocycles. The van der Waals surface area contributed by atoms with Crippen LogP contribution in [0, 0.1) is 18.3 Å². The molecule has 0 fully saturated rings. The molecule has 0 spiro atoms. The second-order valence-corrected chi connectivity index (χ2v) is 7.82. The van der Waals surface area contributed by atoms with Crippen LogP contribution in [0.15, 0.2) is 53.6 Å². The number of nitrogens with zero attached hydrogens (tertiary/aromatic N) is 5. The number of aromatic amines is 1. The number of benzene rings is 1. The van der Waals surface area contributed by atoms with Gasteiger partial charge in [-0.1, -0.05) is 12.1 Å². The van der Waals surface area contributed by atoms with Crippen molar-refractivity contribution in [2.45, 2.75) is 19.9 Å². The average Bonchev–Trinajstić information content (AvgIpc) is 2.79. The Labute approximate surface area is 187 Å². The molecule has 0 aliphatic carbocycles. The molecule has 0 atom stereocenters. The van der Waals surface area contributed by atoms with Gasteiger partial charge in [-0.25, -0.2) is 4.98 Å². The molecule has 0 bridgehead atoms.